The van der Waals surface area contributed by atoms with Crippen LogP contribution in [0.5, 0.6) is 0 Å². The summed E-state index contributed by atoms with van der Waals surface area (Å²) in [6.07, 6.45) is 0. The molecule has 15 aromatic carbocycles. The summed E-state index contributed by atoms with van der Waals surface area (Å²) in [5.74, 6) is 0. The molecule has 0 saturated carbocycles. The summed E-state index contributed by atoms with van der Waals surface area (Å²) >= 11 is 3.92. The molecular weight excluding hydrogens is 1160 g/mol. The van der Waals surface area contributed by atoms with Crippen molar-refractivity contribution in [1.82, 2.24) is 0 Å². The number of thiophene rings is 2. The van der Waals surface area contributed by atoms with Gasteiger partial charge in [0.15, 0.2) is 0 Å². The molecule has 0 spiro atoms. The first-order valence-corrected chi connectivity index (χ1v) is 34.5. The van der Waals surface area contributed by atoms with E-state index in [9.17, 15) is 0 Å². The molecule has 0 saturated heterocycles. The van der Waals surface area contributed by atoms with Crippen molar-refractivity contribution < 1.29 is 0 Å². The van der Waals surface area contributed by atoms with Crippen molar-refractivity contribution in [3.05, 3.63) is 300 Å². The van der Waals surface area contributed by atoms with E-state index in [1.54, 1.807) is 0 Å². The lowest BCUT2D eigenvalue weighted by molar-refractivity contribution is 0.660. The van der Waals surface area contributed by atoms with Crippen molar-refractivity contribution >= 4 is 107 Å². The molecule has 0 N–H and O–H groups in total. The molecule has 3 aliphatic rings. The zero-order valence-corrected chi connectivity index (χ0v) is 54.4. The van der Waals surface area contributed by atoms with Crippen LogP contribution in [0.2, 0.25) is 0 Å². The number of benzene rings is 15. The fraction of sp³-hybridized carbons (Fsp3) is 0.0989. The maximum absolute atomic E-state index is 2.50. The van der Waals surface area contributed by atoms with E-state index < -0.39 is 0 Å². The summed E-state index contributed by atoms with van der Waals surface area (Å²) in [6, 6.07) is 102. The van der Waals surface area contributed by atoms with Gasteiger partial charge in [-0.2, -0.15) is 0 Å². The summed E-state index contributed by atoms with van der Waals surface area (Å²) in [7, 11) is 0. The van der Waals surface area contributed by atoms with Gasteiger partial charge in [0.05, 0.1) is 0 Å². The van der Waals surface area contributed by atoms with Crippen LogP contribution in [-0.4, -0.2) is 0 Å². The highest BCUT2D eigenvalue weighted by atomic mass is 32.1. The average Bonchev–Trinajstić information content (AvgIpc) is 1.68. The standard InChI is InChI=1S/C91H62S2/c1-89(2)75-33-19-17-23-59(75)60-41-38-54(48-77(60)89)81-61-24-9-11-26-63(61)82(64-27-12-10-25-62(64)81)55-40-44-72-80(49-55)93-88-70-42-37-52(47-78(70)91(5,6)86(72)88)51-35-36-53-46-74(58-22-8-7-21-57(58)73(53)45-51)84-67-30-15-13-28-65(67)83(66-29-14-16-31-68(66)84)56-39-43-71-79(50-56)92-87-69-32-18-20-34-76(69)90(3,4)85(71)87/h7-50H,1-6H3. The molecule has 0 nitrogen and oxygen atoms in total. The van der Waals surface area contributed by atoms with E-state index in [1.165, 1.54) is 206 Å². The molecule has 2 aromatic heterocycles. The zero-order valence-electron chi connectivity index (χ0n) is 52.7. The van der Waals surface area contributed by atoms with Gasteiger partial charge in [-0.15, -0.1) is 22.7 Å². The Balaban J connectivity index is 0.671. The highest BCUT2D eigenvalue weighted by Crippen LogP contribution is 2.60. The Bertz CT molecular complexity index is 6100. The third-order valence-electron chi connectivity index (χ3n) is 22.2. The van der Waals surface area contributed by atoms with Crippen molar-refractivity contribution in [2.45, 2.75) is 57.8 Å². The topological polar surface area (TPSA) is 0 Å². The van der Waals surface area contributed by atoms with Crippen LogP contribution in [0.25, 0.3) is 172 Å². The van der Waals surface area contributed by atoms with Gasteiger partial charge in [0.2, 0.25) is 0 Å². The molecular formula is C91H62S2. The van der Waals surface area contributed by atoms with Crippen molar-refractivity contribution in [2.75, 3.05) is 0 Å². The van der Waals surface area contributed by atoms with Gasteiger partial charge in [-0.25, -0.2) is 0 Å². The van der Waals surface area contributed by atoms with Gasteiger partial charge in [-0.1, -0.05) is 272 Å². The largest absolute Gasteiger partial charge is 0.135 e. The first kappa shape index (κ1) is 53.4. The van der Waals surface area contributed by atoms with E-state index in [0.717, 1.165) is 0 Å². The smallest absolute Gasteiger partial charge is 0.0399 e. The van der Waals surface area contributed by atoms with Crippen LogP contribution in [0, 0.1) is 0 Å². The minimum Gasteiger partial charge on any atom is -0.135 e. The Hall–Kier alpha value is -10.2. The predicted octanol–water partition coefficient (Wildman–Crippen LogP) is 26.3. The summed E-state index contributed by atoms with van der Waals surface area (Å²) in [4.78, 5) is 2.82. The van der Waals surface area contributed by atoms with Crippen LogP contribution < -0.4 is 0 Å². The third kappa shape index (κ3) is 7.26. The molecule has 0 radical (unpaired) electrons. The van der Waals surface area contributed by atoms with E-state index in [4.69, 9.17) is 0 Å². The lowest BCUT2D eigenvalue weighted by Gasteiger charge is -2.23. The molecule has 2 heterocycles. The second-order valence-electron chi connectivity index (χ2n) is 28.1. The average molecular weight is 1220 g/mol. The van der Waals surface area contributed by atoms with Gasteiger partial charge in [-0.3, -0.25) is 0 Å². The van der Waals surface area contributed by atoms with Crippen LogP contribution in [-0.2, 0) is 16.2 Å². The molecule has 2 heteroatoms. The molecule has 0 fully saturated rings. The van der Waals surface area contributed by atoms with Gasteiger partial charge >= 0.3 is 0 Å². The van der Waals surface area contributed by atoms with Crippen molar-refractivity contribution in [1.29, 1.82) is 0 Å². The number of rotatable bonds is 5. The quantitative estimate of drug-likeness (QED) is 0.119. The SMILES string of the molecule is CC1(C)c2ccccc2-c2ccc(-c3c4ccccc4c(-c4ccc5c6c(sc5c4)-c4ccc(-c5ccc7cc(-c8c9ccccc9c(-c9ccc%10c%11c(sc%10c9)-c9ccccc9C%11(C)C)c9ccccc89)c8ccccc8c7c5)cc4C6(C)C)c4ccccc34)cc21. The first-order valence-electron chi connectivity index (χ1n) is 32.9. The molecule has 438 valence electrons. The molecule has 0 atom stereocenters. The minimum atomic E-state index is -0.201. The molecule has 17 aromatic rings. The van der Waals surface area contributed by atoms with Crippen LogP contribution in [0.4, 0.5) is 0 Å². The van der Waals surface area contributed by atoms with Crippen LogP contribution >= 0.6 is 22.7 Å². The molecule has 20 rings (SSSR count). The highest BCUT2D eigenvalue weighted by Gasteiger charge is 2.41. The highest BCUT2D eigenvalue weighted by molar-refractivity contribution is 7.23. The van der Waals surface area contributed by atoms with Crippen LogP contribution in [0.3, 0.4) is 0 Å². The maximum Gasteiger partial charge on any atom is 0.0399 e. The normalized spacial score (nSPS) is 14.6. The predicted molar refractivity (Wildman–Crippen MR) is 402 cm³/mol. The molecule has 0 unspecified atom stereocenters. The minimum absolute atomic E-state index is 0.0449. The maximum atomic E-state index is 2.50. The van der Waals surface area contributed by atoms with Crippen LogP contribution in [0.15, 0.2) is 267 Å². The molecule has 0 bridgehead atoms. The molecule has 0 amide bonds. The number of fused-ring (bicyclic) bond motifs is 20. The Labute approximate surface area is 549 Å². The van der Waals surface area contributed by atoms with Crippen molar-refractivity contribution in [3.8, 4) is 87.6 Å². The molecule has 3 aliphatic carbocycles. The van der Waals surface area contributed by atoms with Crippen molar-refractivity contribution in [2.24, 2.45) is 0 Å². The van der Waals surface area contributed by atoms with E-state index in [1.807, 2.05) is 22.7 Å². The third-order valence-corrected chi connectivity index (χ3v) is 24.6. The first-order chi connectivity index (χ1) is 45.4. The Morgan fingerprint density at radius 1 is 0.215 bits per heavy atom. The van der Waals surface area contributed by atoms with E-state index in [2.05, 4.69) is 308 Å². The van der Waals surface area contributed by atoms with Gasteiger partial charge < -0.3 is 0 Å². The fourth-order valence-corrected chi connectivity index (χ4v) is 20.8. The van der Waals surface area contributed by atoms with Crippen molar-refractivity contribution in [3.63, 3.8) is 0 Å². The fourth-order valence-electron chi connectivity index (χ4n) is 17.9. The van der Waals surface area contributed by atoms with Gasteiger partial charge in [-0.05, 0) is 223 Å². The number of hydrogen-bond donors (Lipinski definition) is 0. The second kappa shape index (κ2) is 19.0. The summed E-state index contributed by atoms with van der Waals surface area (Å²) in [5.41, 5.74) is 26.4. The lowest BCUT2D eigenvalue weighted by atomic mass is 9.80. The Morgan fingerprint density at radius 3 is 1.12 bits per heavy atom. The van der Waals surface area contributed by atoms with Gasteiger partial charge in [0.1, 0.15) is 0 Å². The van der Waals surface area contributed by atoms with Gasteiger partial charge in [0, 0.05) is 35.4 Å². The Kier molecular flexibility index (Phi) is 10.9. The lowest BCUT2D eigenvalue weighted by Crippen LogP contribution is -2.15. The Morgan fingerprint density at radius 2 is 0.570 bits per heavy atom. The summed E-state index contributed by atoms with van der Waals surface area (Å²) in [6.45, 7) is 14.5. The monoisotopic (exact) mass is 1220 g/mol. The number of hydrogen-bond acceptors (Lipinski definition) is 2. The summed E-state index contributed by atoms with van der Waals surface area (Å²) in [5, 5.41) is 18.0. The van der Waals surface area contributed by atoms with E-state index >= 15 is 0 Å². The van der Waals surface area contributed by atoms with Crippen LogP contribution in [0.1, 0.15) is 74.9 Å². The molecule has 0 aliphatic heterocycles. The summed E-state index contributed by atoms with van der Waals surface area (Å²) < 4.78 is 2.69. The zero-order chi connectivity index (χ0) is 62.0. The second-order valence-corrected chi connectivity index (χ2v) is 30.2. The molecule has 93 heavy (non-hydrogen) atoms. The van der Waals surface area contributed by atoms with E-state index in [0.29, 0.717) is 0 Å². The van der Waals surface area contributed by atoms with Gasteiger partial charge in [0.25, 0.3) is 0 Å². The van der Waals surface area contributed by atoms with E-state index in [-0.39, 0.29) is 16.2 Å².